The third-order valence-corrected chi connectivity index (χ3v) is 4.69. The second kappa shape index (κ2) is 6.45. The standard InChI is InChI=1S/C17H17N3O3S/c1-3-20-13-7-6-11(17(22)23)9-12(13)19-15(20)10(2)18-16(21)14-5-4-8-24-14/h4-10H,3H2,1-2H3,(H,18,21)(H,22,23)/t10-/m1/s1. The number of nitrogens with one attached hydrogen (secondary N) is 1. The van der Waals surface area contributed by atoms with Gasteiger partial charge < -0.3 is 15.0 Å². The van der Waals surface area contributed by atoms with Crippen molar-refractivity contribution in [3.05, 3.63) is 52.0 Å². The fourth-order valence-corrected chi connectivity index (χ4v) is 3.31. The Labute approximate surface area is 142 Å². The third-order valence-electron chi connectivity index (χ3n) is 3.82. The molecule has 2 N–H and O–H groups in total. The summed E-state index contributed by atoms with van der Waals surface area (Å²) >= 11 is 1.38. The number of hydrogen-bond donors (Lipinski definition) is 2. The number of aromatic nitrogens is 2. The van der Waals surface area contributed by atoms with Crippen molar-refractivity contribution in [1.29, 1.82) is 0 Å². The number of carboxylic acid groups (broad SMARTS) is 1. The van der Waals surface area contributed by atoms with Crippen LogP contribution in [0, 0.1) is 0 Å². The van der Waals surface area contributed by atoms with E-state index in [1.807, 2.05) is 29.9 Å². The Morgan fingerprint density at radius 3 is 2.79 bits per heavy atom. The van der Waals surface area contributed by atoms with Crippen molar-refractivity contribution in [2.24, 2.45) is 0 Å². The molecule has 0 saturated heterocycles. The molecule has 0 aliphatic heterocycles. The first-order valence-electron chi connectivity index (χ1n) is 7.59. The lowest BCUT2D eigenvalue weighted by atomic mass is 10.2. The topological polar surface area (TPSA) is 84.2 Å². The molecule has 124 valence electrons. The Bertz CT molecular complexity index is 899. The molecule has 0 bridgehead atoms. The summed E-state index contributed by atoms with van der Waals surface area (Å²) < 4.78 is 1.99. The van der Waals surface area contributed by atoms with Gasteiger partial charge in [-0.2, -0.15) is 0 Å². The largest absolute Gasteiger partial charge is 0.478 e. The third kappa shape index (κ3) is 2.90. The zero-order valence-electron chi connectivity index (χ0n) is 13.3. The molecule has 0 radical (unpaired) electrons. The maximum absolute atomic E-state index is 12.2. The van der Waals surface area contributed by atoms with Crippen LogP contribution in [0.1, 0.15) is 45.7 Å². The SMILES string of the molecule is CCn1c([C@@H](C)NC(=O)c2cccs2)nc2cc(C(=O)O)ccc21. The van der Waals surface area contributed by atoms with E-state index >= 15 is 0 Å². The van der Waals surface area contributed by atoms with Gasteiger partial charge in [0.15, 0.2) is 0 Å². The molecule has 2 heterocycles. The Balaban J connectivity index is 1.95. The van der Waals surface area contributed by atoms with E-state index < -0.39 is 5.97 Å². The van der Waals surface area contributed by atoms with Gasteiger partial charge in [0.2, 0.25) is 0 Å². The number of imidazole rings is 1. The van der Waals surface area contributed by atoms with Gasteiger partial charge in [-0.3, -0.25) is 4.79 Å². The van der Waals surface area contributed by atoms with Crippen LogP contribution in [-0.4, -0.2) is 26.5 Å². The van der Waals surface area contributed by atoms with Crippen LogP contribution in [0.5, 0.6) is 0 Å². The average molecular weight is 343 g/mol. The minimum absolute atomic E-state index is 0.140. The monoisotopic (exact) mass is 343 g/mol. The maximum atomic E-state index is 12.2. The molecule has 3 rings (SSSR count). The second-order valence-corrected chi connectivity index (χ2v) is 6.34. The number of carbonyl (C=O) groups is 2. The first-order chi connectivity index (χ1) is 11.5. The molecule has 0 aliphatic rings. The van der Waals surface area contributed by atoms with Gasteiger partial charge in [0.1, 0.15) is 5.82 Å². The molecule has 2 aromatic heterocycles. The van der Waals surface area contributed by atoms with Gasteiger partial charge in [0.05, 0.1) is 27.5 Å². The summed E-state index contributed by atoms with van der Waals surface area (Å²) in [6, 6.07) is 8.19. The van der Waals surface area contributed by atoms with E-state index in [1.54, 1.807) is 24.3 Å². The molecule has 7 heteroatoms. The summed E-state index contributed by atoms with van der Waals surface area (Å²) in [4.78, 5) is 28.6. The van der Waals surface area contributed by atoms with Crippen LogP contribution in [0.25, 0.3) is 11.0 Å². The van der Waals surface area contributed by atoms with Gasteiger partial charge in [0.25, 0.3) is 5.91 Å². The summed E-state index contributed by atoms with van der Waals surface area (Å²) in [5.41, 5.74) is 1.67. The number of carbonyl (C=O) groups excluding carboxylic acids is 1. The summed E-state index contributed by atoms with van der Waals surface area (Å²) in [5, 5.41) is 13.9. The van der Waals surface area contributed by atoms with Crippen LogP contribution in [0.15, 0.2) is 35.7 Å². The first kappa shape index (κ1) is 16.2. The van der Waals surface area contributed by atoms with Crippen LogP contribution in [0.3, 0.4) is 0 Å². The highest BCUT2D eigenvalue weighted by atomic mass is 32.1. The highest BCUT2D eigenvalue weighted by molar-refractivity contribution is 7.12. The van der Waals surface area contributed by atoms with E-state index in [9.17, 15) is 9.59 Å². The van der Waals surface area contributed by atoms with Gasteiger partial charge in [-0.25, -0.2) is 9.78 Å². The fourth-order valence-electron chi connectivity index (χ4n) is 2.68. The fraction of sp³-hybridized carbons (Fsp3) is 0.235. The highest BCUT2D eigenvalue weighted by Crippen LogP contribution is 2.23. The van der Waals surface area contributed by atoms with Gasteiger partial charge in [-0.15, -0.1) is 11.3 Å². The van der Waals surface area contributed by atoms with Gasteiger partial charge in [0, 0.05) is 6.54 Å². The lowest BCUT2D eigenvalue weighted by molar-refractivity contribution is 0.0696. The van der Waals surface area contributed by atoms with Crippen LogP contribution < -0.4 is 5.32 Å². The molecule has 1 amide bonds. The lowest BCUT2D eigenvalue weighted by Gasteiger charge is -2.14. The molecular formula is C17H17N3O3S. The molecule has 0 spiro atoms. The summed E-state index contributed by atoms with van der Waals surface area (Å²) in [6.45, 7) is 4.54. The quantitative estimate of drug-likeness (QED) is 0.744. The number of carboxylic acids is 1. The number of fused-ring (bicyclic) bond motifs is 1. The van der Waals surface area contributed by atoms with E-state index in [1.165, 1.54) is 11.3 Å². The minimum Gasteiger partial charge on any atom is -0.478 e. The molecular weight excluding hydrogens is 326 g/mol. The minimum atomic E-state index is -0.983. The number of thiophene rings is 1. The van der Waals surface area contributed by atoms with Crippen molar-refractivity contribution in [3.8, 4) is 0 Å². The summed E-state index contributed by atoms with van der Waals surface area (Å²) in [5.74, 6) is -0.415. The second-order valence-electron chi connectivity index (χ2n) is 5.40. The van der Waals surface area contributed by atoms with Crippen molar-refractivity contribution in [1.82, 2.24) is 14.9 Å². The Kier molecular flexibility index (Phi) is 4.35. The van der Waals surface area contributed by atoms with Crippen molar-refractivity contribution >= 4 is 34.2 Å². The van der Waals surface area contributed by atoms with Crippen LogP contribution in [0.4, 0.5) is 0 Å². The number of benzene rings is 1. The van der Waals surface area contributed by atoms with E-state index in [4.69, 9.17) is 5.11 Å². The van der Waals surface area contributed by atoms with Crippen LogP contribution in [0.2, 0.25) is 0 Å². The average Bonchev–Trinajstić information content (AvgIpc) is 3.21. The molecule has 3 aromatic rings. The molecule has 0 saturated carbocycles. The Morgan fingerprint density at radius 1 is 1.38 bits per heavy atom. The first-order valence-corrected chi connectivity index (χ1v) is 8.47. The number of aryl methyl sites for hydroxylation is 1. The molecule has 6 nitrogen and oxygen atoms in total. The predicted octanol–water partition coefficient (Wildman–Crippen LogP) is 3.31. The Hall–Kier alpha value is -2.67. The van der Waals surface area contributed by atoms with Crippen LogP contribution >= 0.6 is 11.3 Å². The molecule has 0 fully saturated rings. The zero-order chi connectivity index (χ0) is 17.3. The normalized spacial score (nSPS) is 12.2. The van der Waals surface area contributed by atoms with Gasteiger partial charge in [-0.1, -0.05) is 6.07 Å². The summed E-state index contributed by atoms with van der Waals surface area (Å²) in [6.07, 6.45) is 0. The number of rotatable bonds is 5. The van der Waals surface area contributed by atoms with E-state index in [0.29, 0.717) is 22.8 Å². The highest BCUT2D eigenvalue weighted by Gasteiger charge is 2.19. The van der Waals surface area contributed by atoms with Crippen molar-refractivity contribution < 1.29 is 14.7 Å². The van der Waals surface area contributed by atoms with Crippen molar-refractivity contribution in [2.75, 3.05) is 0 Å². The van der Waals surface area contributed by atoms with E-state index in [0.717, 1.165) is 5.52 Å². The van der Waals surface area contributed by atoms with Crippen molar-refractivity contribution in [3.63, 3.8) is 0 Å². The zero-order valence-corrected chi connectivity index (χ0v) is 14.1. The maximum Gasteiger partial charge on any atom is 0.335 e. The van der Waals surface area contributed by atoms with Gasteiger partial charge in [-0.05, 0) is 43.5 Å². The molecule has 0 aliphatic carbocycles. The number of amides is 1. The van der Waals surface area contributed by atoms with Crippen molar-refractivity contribution in [2.45, 2.75) is 26.4 Å². The summed E-state index contributed by atoms with van der Waals surface area (Å²) in [7, 11) is 0. The van der Waals surface area contributed by atoms with E-state index in [-0.39, 0.29) is 17.5 Å². The predicted molar refractivity (Wildman–Crippen MR) is 92.6 cm³/mol. The number of nitrogens with zero attached hydrogens (tertiary/aromatic N) is 2. The van der Waals surface area contributed by atoms with E-state index in [2.05, 4.69) is 10.3 Å². The van der Waals surface area contributed by atoms with Gasteiger partial charge >= 0.3 is 5.97 Å². The lowest BCUT2D eigenvalue weighted by Crippen LogP contribution is -2.28. The molecule has 0 unspecified atom stereocenters. The molecule has 1 atom stereocenters. The number of aromatic carboxylic acids is 1. The number of hydrogen-bond acceptors (Lipinski definition) is 4. The molecule has 1 aromatic carbocycles. The molecule has 24 heavy (non-hydrogen) atoms. The van der Waals surface area contributed by atoms with Crippen LogP contribution in [-0.2, 0) is 6.54 Å². The Morgan fingerprint density at radius 2 is 2.17 bits per heavy atom. The smallest absolute Gasteiger partial charge is 0.335 e.